The second-order valence-corrected chi connectivity index (χ2v) is 5.04. The first-order chi connectivity index (χ1) is 8.68. The van der Waals surface area contributed by atoms with E-state index < -0.39 is 23.5 Å². The van der Waals surface area contributed by atoms with Gasteiger partial charge in [0.1, 0.15) is 6.10 Å². The number of carbonyl (C=O) groups is 2. The number of rotatable bonds is 4. The van der Waals surface area contributed by atoms with Crippen LogP contribution in [0.5, 0.6) is 0 Å². The molecule has 1 rings (SSSR count). The number of halogens is 2. The van der Waals surface area contributed by atoms with E-state index in [2.05, 4.69) is 5.32 Å². The summed E-state index contributed by atoms with van der Waals surface area (Å²) in [6, 6.07) is 4.25. The molecule has 1 amide bonds. The van der Waals surface area contributed by atoms with E-state index in [0.29, 0.717) is 0 Å². The molecule has 0 aliphatic carbocycles. The smallest absolute Gasteiger partial charge is 0.333 e. The number of hydrogen-bond donors (Lipinski definition) is 3. The van der Waals surface area contributed by atoms with Gasteiger partial charge in [0, 0.05) is 0 Å². The van der Waals surface area contributed by atoms with Gasteiger partial charge in [0.05, 0.1) is 10.0 Å². The number of amides is 1. The molecule has 19 heavy (non-hydrogen) atoms. The fourth-order valence-electron chi connectivity index (χ4n) is 1.41. The van der Waals surface area contributed by atoms with E-state index in [1.165, 1.54) is 32.0 Å². The normalized spacial score (nSPS) is 15.4. The predicted molar refractivity (Wildman–Crippen MR) is 71.3 cm³/mol. The third-order valence-electron chi connectivity index (χ3n) is 2.68. The van der Waals surface area contributed by atoms with Gasteiger partial charge in [-0.3, -0.25) is 4.79 Å². The van der Waals surface area contributed by atoms with Crippen LogP contribution in [0.3, 0.4) is 0 Å². The molecule has 1 aromatic rings. The van der Waals surface area contributed by atoms with Crippen LogP contribution in [-0.4, -0.2) is 28.2 Å². The van der Waals surface area contributed by atoms with E-state index >= 15 is 0 Å². The van der Waals surface area contributed by atoms with Crippen LogP contribution < -0.4 is 5.32 Å². The fraction of sp³-hybridized carbons (Fsp3) is 0.333. The fourth-order valence-corrected chi connectivity index (χ4v) is 1.71. The summed E-state index contributed by atoms with van der Waals surface area (Å²) in [6.45, 7) is 2.54. The van der Waals surface area contributed by atoms with Gasteiger partial charge in [-0.05, 0) is 31.5 Å². The Hall–Kier alpha value is -1.30. The Morgan fingerprint density at radius 3 is 2.32 bits per heavy atom. The monoisotopic (exact) mass is 305 g/mol. The van der Waals surface area contributed by atoms with Gasteiger partial charge < -0.3 is 15.5 Å². The molecule has 1 aromatic carbocycles. The summed E-state index contributed by atoms with van der Waals surface area (Å²) in [5.74, 6) is -2.07. The number of aliphatic carboxylic acids is 1. The van der Waals surface area contributed by atoms with Crippen molar-refractivity contribution < 1.29 is 19.8 Å². The molecule has 3 N–H and O–H groups in total. The molecule has 0 saturated carbocycles. The Morgan fingerprint density at radius 2 is 1.89 bits per heavy atom. The van der Waals surface area contributed by atoms with Gasteiger partial charge in [0.25, 0.3) is 0 Å². The van der Waals surface area contributed by atoms with E-state index in [4.69, 9.17) is 28.3 Å². The third-order valence-corrected chi connectivity index (χ3v) is 3.42. The Labute approximate surface area is 120 Å². The molecule has 0 bridgehead atoms. The highest BCUT2D eigenvalue weighted by atomic mass is 35.5. The van der Waals surface area contributed by atoms with E-state index in [-0.39, 0.29) is 15.6 Å². The summed E-state index contributed by atoms with van der Waals surface area (Å²) in [7, 11) is 0. The number of aliphatic hydroxyl groups is 1. The first-order valence-corrected chi connectivity index (χ1v) is 6.13. The summed E-state index contributed by atoms with van der Waals surface area (Å²) in [5.41, 5.74) is -1.45. The number of aliphatic hydroxyl groups excluding tert-OH is 1. The van der Waals surface area contributed by atoms with Crippen molar-refractivity contribution >= 4 is 35.1 Å². The number of carboxylic acid groups (broad SMARTS) is 1. The molecule has 0 radical (unpaired) electrons. The summed E-state index contributed by atoms with van der Waals surface area (Å²) < 4.78 is 0. The minimum atomic E-state index is -1.71. The number of nitrogens with one attached hydrogen (secondary N) is 1. The largest absolute Gasteiger partial charge is 0.479 e. The zero-order valence-electron chi connectivity index (χ0n) is 10.3. The molecule has 2 unspecified atom stereocenters. The highest BCUT2D eigenvalue weighted by molar-refractivity contribution is 6.42. The summed E-state index contributed by atoms with van der Waals surface area (Å²) in [5, 5.41) is 21.2. The Morgan fingerprint density at radius 1 is 1.32 bits per heavy atom. The van der Waals surface area contributed by atoms with Gasteiger partial charge in [-0.25, -0.2) is 4.79 Å². The van der Waals surface area contributed by atoms with Crippen LogP contribution in [0, 0.1) is 0 Å². The lowest BCUT2D eigenvalue weighted by Crippen LogP contribution is -2.52. The third kappa shape index (κ3) is 3.37. The van der Waals surface area contributed by atoms with Crippen molar-refractivity contribution in [3.8, 4) is 0 Å². The number of benzene rings is 1. The number of hydrogen-bond acceptors (Lipinski definition) is 3. The molecule has 5 nitrogen and oxygen atoms in total. The maximum absolute atomic E-state index is 11.5. The van der Waals surface area contributed by atoms with Crippen LogP contribution >= 0.6 is 23.2 Å². The summed E-state index contributed by atoms with van der Waals surface area (Å²) in [4.78, 5) is 22.9. The Kier molecular flexibility index (Phi) is 4.79. The van der Waals surface area contributed by atoms with Gasteiger partial charge in [-0.15, -0.1) is 0 Å². The van der Waals surface area contributed by atoms with E-state index in [1.54, 1.807) is 0 Å². The highest BCUT2D eigenvalue weighted by Gasteiger charge is 2.38. The van der Waals surface area contributed by atoms with Gasteiger partial charge >= 0.3 is 5.97 Å². The molecule has 0 saturated heterocycles. The SMILES string of the molecule is CC(O)C(=O)NC(C)(C(=O)O)c1ccc(Cl)c(Cl)c1. The molecule has 0 spiro atoms. The topological polar surface area (TPSA) is 86.6 Å². The van der Waals surface area contributed by atoms with Crippen LogP contribution in [0.2, 0.25) is 10.0 Å². The van der Waals surface area contributed by atoms with Crippen molar-refractivity contribution in [3.05, 3.63) is 33.8 Å². The van der Waals surface area contributed by atoms with Crippen molar-refractivity contribution in [1.29, 1.82) is 0 Å². The van der Waals surface area contributed by atoms with E-state index in [9.17, 15) is 14.7 Å². The second kappa shape index (κ2) is 5.77. The van der Waals surface area contributed by atoms with E-state index in [0.717, 1.165) is 0 Å². The molecule has 7 heteroatoms. The highest BCUT2D eigenvalue weighted by Crippen LogP contribution is 2.29. The number of carboxylic acids is 1. The molecular formula is C12H13Cl2NO4. The zero-order chi connectivity index (χ0) is 14.8. The lowest BCUT2D eigenvalue weighted by molar-refractivity contribution is -0.148. The lowest BCUT2D eigenvalue weighted by Gasteiger charge is -2.27. The van der Waals surface area contributed by atoms with E-state index in [1.807, 2.05) is 0 Å². The standard InChI is InChI=1S/C12H13Cl2NO4/c1-6(16)10(17)15-12(2,11(18)19)7-3-4-8(13)9(14)5-7/h3-6,16H,1-2H3,(H,15,17)(H,18,19). The lowest BCUT2D eigenvalue weighted by atomic mass is 9.91. The van der Waals surface area contributed by atoms with Crippen molar-refractivity contribution in [3.63, 3.8) is 0 Å². The maximum atomic E-state index is 11.5. The average molecular weight is 306 g/mol. The van der Waals surface area contributed by atoms with Gasteiger partial charge in [0.15, 0.2) is 5.54 Å². The zero-order valence-corrected chi connectivity index (χ0v) is 11.8. The number of carbonyl (C=O) groups excluding carboxylic acids is 1. The minimum Gasteiger partial charge on any atom is -0.479 e. The molecule has 0 aliphatic heterocycles. The van der Waals surface area contributed by atoms with Crippen molar-refractivity contribution in [2.75, 3.05) is 0 Å². The van der Waals surface area contributed by atoms with Crippen LogP contribution in [0.4, 0.5) is 0 Å². The molecular weight excluding hydrogens is 293 g/mol. The second-order valence-electron chi connectivity index (χ2n) is 4.22. The van der Waals surface area contributed by atoms with Crippen LogP contribution in [0.15, 0.2) is 18.2 Å². The summed E-state index contributed by atoms with van der Waals surface area (Å²) >= 11 is 11.6. The quantitative estimate of drug-likeness (QED) is 0.791. The van der Waals surface area contributed by atoms with Gasteiger partial charge in [0.2, 0.25) is 5.91 Å². The first kappa shape index (κ1) is 15.8. The minimum absolute atomic E-state index is 0.179. The van der Waals surface area contributed by atoms with Gasteiger partial charge in [-0.1, -0.05) is 29.3 Å². The van der Waals surface area contributed by atoms with Gasteiger partial charge in [-0.2, -0.15) is 0 Å². The van der Waals surface area contributed by atoms with Crippen molar-refractivity contribution in [2.45, 2.75) is 25.5 Å². The molecule has 0 heterocycles. The first-order valence-electron chi connectivity index (χ1n) is 5.37. The van der Waals surface area contributed by atoms with Crippen LogP contribution in [-0.2, 0) is 15.1 Å². The van der Waals surface area contributed by atoms with Crippen molar-refractivity contribution in [1.82, 2.24) is 5.32 Å². The summed E-state index contributed by atoms with van der Waals surface area (Å²) in [6.07, 6.45) is -1.32. The predicted octanol–water partition coefficient (Wildman–Crippen LogP) is 1.79. The molecule has 2 atom stereocenters. The molecule has 0 aromatic heterocycles. The molecule has 0 aliphatic rings. The Bertz CT molecular complexity index is 518. The Balaban J connectivity index is 3.22. The van der Waals surface area contributed by atoms with Crippen LogP contribution in [0.1, 0.15) is 19.4 Å². The maximum Gasteiger partial charge on any atom is 0.333 e. The molecule has 0 fully saturated rings. The molecule has 104 valence electrons. The average Bonchev–Trinajstić information content (AvgIpc) is 2.31. The van der Waals surface area contributed by atoms with Crippen molar-refractivity contribution in [2.24, 2.45) is 0 Å². The van der Waals surface area contributed by atoms with Crippen LogP contribution in [0.25, 0.3) is 0 Å².